The average Bonchev–Trinajstić information content (AvgIpc) is 3.34. The highest BCUT2D eigenvalue weighted by Gasteiger charge is 2.40. The van der Waals surface area contributed by atoms with Gasteiger partial charge in [-0.3, -0.25) is 0 Å². The van der Waals surface area contributed by atoms with Gasteiger partial charge in [-0.15, -0.1) is 0 Å². The molecule has 1 aliphatic carbocycles. The van der Waals surface area contributed by atoms with Crippen LogP contribution in [0.3, 0.4) is 0 Å². The molecule has 1 saturated carbocycles. The lowest BCUT2D eigenvalue weighted by molar-refractivity contribution is -0.145. The molecule has 4 rings (SSSR count). The van der Waals surface area contributed by atoms with Gasteiger partial charge in [-0.05, 0) is 49.1 Å². The summed E-state index contributed by atoms with van der Waals surface area (Å²) in [6.45, 7) is 3.75. The highest BCUT2D eigenvalue weighted by Crippen LogP contribution is 2.39. The summed E-state index contributed by atoms with van der Waals surface area (Å²) in [6, 6.07) is 11.7. The van der Waals surface area contributed by atoms with E-state index in [9.17, 15) is 9.90 Å². The molecule has 6 nitrogen and oxygen atoms in total. The van der Waals surface area contributed by atoms with Gasteiger partial charge >= 0.3 is 5.97 Å². The van der Waals surface area contributed by atoms with E-state index in [2.05, 4.69) is 5.32 Å². The smallest absolute Gasteiger partial charge is 0.329 e. The molecule has 0 spiro atoms. The summed E-state index contributed by atoms with van der Waals surface area (Å²) in [4.78, 5) is 12.1. The summed E-state index contributed by atoms with van der Waals surface area (Å²) in [6.07, 6.45) is 5.65. The van der Waals surface area contributed by atoms with Gasteiger partial charge in [0.15, 0.2) is 0 Å². The number of carboxylic acid groups (broad SMARTS) is 1. The highest BCUT2D eigenvalue weighted by atomic mass is 35.5. The maximum absolute atomic E-state index is 12.1. The maximum atomic E-state index is 12.1. The van der Waals surface area contributed by atoms with Crippen molar-refractivity contribution in [2.45, 2.75) is 63.7 Å². The molecule has 2 aliphatic rings. The molecule has 2 aromatic carbocycles. The number of rotatable bonds is 9. The van der Waals surface area contributed by atoms with E-state index in [1.54, 1.807) is 0 Å². The lowest BCUT2D eigenvalue weighted by Gasteiger charge is -2.35. The van der Waals surface area contributed by atoms with Gasteiger partial charge in [0.25, 0.3) is 0 Å². The molecule has 0 aromatic heterocycles. The molecule has 0 unspecified atom stereocenters. The molecule has 1 saturated heterocycles. The summed E-state index contributed by atoms with van der Waals surface area (Å²) in [7, 11) is 0. The van der Waals surface area contributed by atoms with Crippen molar-refractivity contribution >= 4 is 23.3 Å². The Labute approximate surface area is 200 Å². The molecule has 0 radical (unpaired) electrons. The monoisotopic (exact) mass is 473 g/mol. The van der Waals surface area contributed by atoms with Crippen LogP contribution in [0.5, 0.6) is 5.75 Å². The van der Waals surface area contributed by atoms with Crippen LogP contribution in [0.25, 0.3) is 11.1 Å². The minimum Gasteiger partial charge on any atom is -0.492 e. The molecule has 2 fully saturated rings. The topological polar surface area (TPSA) is 77.0 Å². The van der Waals surface area contributed by atoms with E-state index in [1.165, 1.54) is 12.8 Å². The SMILES string of the molecule is CCOc1cccc(-c2ccc(NC3(C(=O)O)CCOCC3)cc2COC2CCCC2)c1Cl. The Hall–Kier alpha value is -2.28. The quantitative estimate of drug-likeness (QED) is 0.471. The zero-order valence-corrected chi connectivity index (χ0v) is 19.8. The second-order valence-electron chi connectivity index (χ2n) is 8.76. The van der Waals surface area contributed by atoms with Crippen LogP contribution in [0.2, 0.25) is 5.02 Å². The number of aliphatic carboxylic acids is 1. The molecule has 2 aromatic rings. The molecular formula is C26H32ClNO5. The van der Waals surface area contributed by atoms with E-state index in [-0.39, 0.29) is 6.10 Å². The van der Waals surface area contributed by atoms with Crippen molar-refractivity contribution in [1.82, 2.24) is 0 Å². The predicted molar refractivity (Wildman–Crippen MR) is 129 cm³/mol. The van der Waals surface area contributed by atoms with Crippen LogP contribution in [0.1, 0.15) is 51.0 Å². The standard InChI is InChI=1S/C26H32ClNO5/c1-2-32-23-9-5-8-22(24(23)27)21-11-10-19(16-18(21)17-33-20-6-3-4-7-20)28-26(25(29)30)12-14-31-15-13-26/h5,8-11,16,20,28H,2-4,6-7,12-15,17H2,1H3,(H,29,30). The Bertz CT molecular complexity index is 967. The van der Waals surface area contributed by atoms with Gasteiger partial charge < -0.3 is 24.6 Å². The fourth-order valence-electron chi connectivity index (χ4n) is 4.69. The van der Waals surface area contributed by atoms with E-state index >= 15 is 0 Å². The lowest BCUT2D eigenvalue weighted by Crippen LogP contribution is -2.50. The normalized spacial score (nSPS) is 18.2. The molecule has 2 N–H and O–H groups in total. The van der Waals surface area contributed by atoms with E-state index in [0.29, 0.717) is 50.0 Å². The number of ether oxygens (including phenoxy) is 3. The molecule has 178 valence electrons. The van der Waals surface area contributed by atoms with E-state index in [1.807, 2.05) is 43.3 Å². The van der Waals surface area contributed by atoms with Crippen molar-refractivity contribution in [2.24, 2.45) is 0 Å². The van der Waals surface area contributed by atoms with Crippen molar-refractivity contribution in [3.05, 3.63) is 47.0 Å². The number of nitrogens with one attached hydrogen (secondary N) is 1. The third-order valence-electron chi connectivity index (χ3n) is 6.57. The summed E-state index contributed by atoms with van der Waals surface area (Å²) in [5, 5.41) is 13.8. The van der Waals surface area contributed by atoms with E-state index < -0.39 is 11.5 Å². The van der Waals surface area contributed by atoms with Gasteiger partial charge in [0, 0.05) is 37.3 Å². The second kappa shape index (κ2) is 10.8. The fourth-order valence-corrected chi connectivity index (χ4v) is 4.97. The van der Waals surface area contributed by atoms with E-state index in [0.717, 1.165) is 35.2 Å². The molecule has 1 heterocycles. The van der Waals surface area contributed by atoms with Gasteiger partial charge in [0.2, 0.25) is 0 Å². The maximum Gasteiger partial charge on any atom is 0.329 e. The van der Waals surface area contributed by atoms with Crippen LogP contribution < -0.4 is 10.1 Å². The highest BCUT2D eigenvalue weighted by molar-refractivity contribution is 6.34. The first-order valence-electron chi connectivity index (χ1n) is 11.8. The van der Waals surface area contributed by atoms with Gasteiger partial charge in [-0.25, -0.2) is 4.79 Å². The van der Waals surface area contributed by atoms with Gasteiger partial charge in [0.1, 0.15) is 11.3 Å². The van der Waals surface area contributed by atoms with Crippen LogP contribution in [-0.2, 0) is 20.9 Å². The van der Waals surface area contributed by atoms with Crippen LogP contribution >= 0.6 is 11.6 Å². The van der Waals surface area contributed by atoms with Crippen LogP contribution in [0.4, 0.5) is 5.69 Å². The first-order valence-corrected chi connectivity index (χ1v) is 12.2. The fraction of sp³-hybridized carbons (Fsp3) is 0.500. The Balaban J connectivity index is 1.67. The predicted octanol–water partition coefficient (Wildman–Crippen LogP) is 5.91. The molecule has 0 atom stereocenters. The minimum atomic E-state index is -1.03. The number of anilines is 1. The van der Waals surface area contributed by atoms with Crippen LogP contribution in [-0.4, -0.2) is 42.5 Å². The first kappa shape index (κ1) is 23.9. The molecule has 0 bridgehead atoms. The Morgan fingerprint density at radius 1 is 1.18 bits per heavy atom. The zero-order chi connectivity index (χ0) is 23.3. The third kappa shape index (κ3) is 5.45. The number of halogens is 1. The zero-order valence-electron chi connectivity index (χ0n) is 19.1. The van der Waals surface area contributed by atoms with Crippen LogP contribution in [0.15, 0.2) is 36.4 Å². The van der Waals surface area contributed by atoms with Gasteiger partial charge in [0.05, 0.1) is 24.3 Å². The summed E-state index contributed by atoms with van der Waals surface area (Å²) < 4.78 is 17.3. The minimum absolute atomic E-state index is 0.264. The lowest BCUT2D eigenvalue weighted by atomic mass is 9.89. The Morgan fingerprint density at radius 3 is 2.64 bits per heavy atom. The molecule has 33 heavy (non-hydrogen) atoms. The summed E-state index contributed by atoms with van der Waals surface area (Å²) in [5.41, 5.74) is 2.52. The van der Waals surface area contributed by atoms with E-state index in [4.69, 9.17) is 25.8 Å². The number of benzene rings is 2. The van der Waals surface area contributed by atoms with Gasteiger partial charge in [-0.1, -0.05) is 42.6 Å². The third-order valence-corrected chi connectivity index (χ3v) is 6.96. The average molecular weight is 474 g/mol. The summed E-state index contributed by atoms with van der Waals surface area (Å²) >= 11 is 6.71. The number of hydrogen-bond donors (Lipinski definition) is 2. The van der Waals surface area contributed by atoms with Crippen molar-refractivity contribution in [3.8, 4) is 16.9 Å². The molecule has 7 heteroatoms. The number of carboxylic acids is 1. The van der Waals surface area contributed by atoms with Crippen molar-refractivity contribution < 1.29 is 24.1 Å². The number of carbonyl (C=O) groups is 1. The van der Waals surface area contributed by atoms with Crippen molar-refractivity contribution in [3.63, 3.8) is 0 Å². The first-order chi connectivity index (χ1) is 16.0. The summed E-state index contributed by atoms with van der Waals surface area (Å²) in [5.74, 6) is -0.209. The molecule has 1 aliphatic heterocycles. The molecular weight excluding hydrogens is 442 g/mol. The van der Waals surface area contributed by atoms with Gasteiger partial charge in [-0.2, -0.15) is 0 Å². The van der Waals surface area contributed by atoms with Crippen molar-refractivity contribution in [2.75, 3.05) is 25.1 Å². The largest absolute Gasteiger partial charge is 0.492 e. The Morgan fingerprint density at radius 2 is 1.94 bits per heavy atom. The molecule has 0 amide bonds. The van der Waals surface area contributed by atoms with Crippen molar-refractivity contribution in [1.29, 1.82) is 0 Å². The van der Waals surface area contributed by atoms with Crippen LogP contribution in [0, 0.1) is 0 Å². The Kier molecular flexibility index (Phi) is 7.78. The second-order valence-corrected chi connectivity index (χ2v) is 9.14. The number of hydrogen-bond acceptors (Lipinski definition) is 5.